The molecule has 2 N–H and O–H groups in total. The molecule has 1 fully saturated rings. The molecule has 1 amide bonds. The van der Waals surface area contributed by atoms with Crippen molar-refractivity contribution in [2.45, 2.75) is 39.2 Å². The predicted octanol–water partition coefficient (Wildman–Crippen LogP) is 4.10. The molecule has 3 rings (SSSR count). The van der Waals surface area contributed by atoms with Crippen LogP contribution < -0.4 is 10.0 Å². The van der Waals surface area contributed by atoms with Crippen molar-refractivity contribution in [3.63, 3.8) is 0 Å². The van der Waals surface area contributed by atoms with Gasteiger partial charge < -0.3 is 5.32 Å². The SMILES string of the molecule is CCCS(=O)(=O)Nc1cccc(C(=O)NCC(c2cccs2)N2CCC(C)CC2)c1. The van der Waals surface area contributed by atoms with Gasteiger partial charge in [0.2, 0.25) is 10.0 Å². The van der Waals surface area contributed by atoms with Crippen molar-refractivity contribution < 1.29 is 13.2 Å². The van der Waals surface area contributed by atoms with Crippen molar-refractivity contribution in [1.82, 2.24) is 10.2 Å². The molecule has 164 valence electrons. The monoisotopic (exact) mass is 449 g/mol. The van der Waals surface area contributed by atoms with Crippen LogP contribution in [0.5, 0.6) is 0 Å². The number of thiophene rings is 1. The molecule has 1 aliphatic heterocycles. The van der Waals surface area contributed by atoms with Gasteiger partial charge in [0.05, 0.1) is 11.8 Å². The number of anilines is 1. The number of likely N-dealkylation sites (tertiary alicyclic amines) is 1. The Hall–Kier alpha value is -1.90. The zero-order valence-corrected chi connectivity index (χ0v) is 19.3. The van der Waals surface area contributed by atoms with Crippen LogP contribution in [0.25, 0.3) is 0 Å². The van der Waals surface area contributed by atoms with E-state index in [4.69, 9.17) is 0 Å². The Morgan fingerprint density at radius 2 is 2.00 bits per heavy atom. The van der Waals surface area contributed by atoms with Crippen LogP contribution in [-0.4, -0.2) is 44.6 Å². The van der Waals surface area contributed by atoms with Crippen molar-refractivity contribution >= 4 is 33.0 Å². The molecule has 0 bridgehead atoms. The number of benzene rings is 1. The number of hydrogen-bond donors (Lipinski definition) is 2. The van der Waals surface area contributed by atoms with E-state index in [0.29, 0.717) is 24.2 Å². The molecule has 0 saturated carbocycles. The third-order valence-electron chi connectivity index (χ3n) is 5.46. The summed E-state index contributed by atoms with van der Waals surface area (Å²) in [5.41, 5.74) is 0.861. The fourth-order valence-corrected chi connectivity index (χ4v) is 5.73. The summed E-state index contributed by atoms with van der Waals surface area (Å²) in [7, 11) is -3.39. The lowest BCUT2D eigenvalue weighted by Crippen LogP contribution is -2.41. The molecule has 2 aromatic rings. The molecule has 1 aromatic heterocycles. The molecule has 0 radical (unpaired) electrons. The second kappa shape index (κ2) is 10.4. The van der Waals surface area contributed by atoms with E-state index in [0.717, 1.165) is 19.0 Å². The highest BCUT2D eigenvalue weighted by atomic mass is 32.2. The molecule has 0 spiro atoms. The van der Waals surface area contributed by atoms with E-state index >= 15 is 0 Å². The van der Waals surface area contributed by atoms with Crippen LogP contribution >= 0.6 is 11.3 Å². The summed E-state index contributed by atoms with van der Waals surface area (Å²) in [6.45, 7) is 6.71. The zero-order chi connectivity index (χ0) is 21.6. The molecule has 1 unspecified atom stereocenters. The largest absolute Gasteiger partial charge is 0.350 e. The highest BCUT2D eigenvalue weighted by molar-refractivity contribution is 7.92. The van der Waals surface area contributed by atoms with Gasteiger partial charge in [-0.2, -0.15) is 0 Å². The minimum atomic E-state index is -3.39. The van der Waals surface area contributed by atoms with Gasteiger partial charge >= 0.3 is 0 Å². The average Bonchev–Trinajstić information content (AvgIpc) is 3.23. The Morgan fingerprint density at radius 3 is 2.67 bits per heavy atom. The molecule has 1 aromatic carbocycles. The molecule has 6 nitrogen and oxygen atoms in total. The molecule has 1 saturated heterocycles. The number of sulfonamides is 1. The second-order valence-corrected chi connectivity index (χ2v) is 10.8. The summed E-state index contributed by atoms with van der Waals surface area (Å²) in [4.78, 5) is 16.5. The van der Waals surface area contributed by atoms with Gasteiger partial charge in [-0.1, -0.05) is 26.0 Å². The van der Waals surface area contributed by atoms with Crippen molar-refractivity contribution in [2.24, 2.45) is 5.92 Å². The highest BCUT2D eigenvalue weighted by Crippen LogP contribution is 2.29. The third-order valence-corrected chi connectivity index (χ3v) is 7.92. The quantitative estimate of drug-likeness (QED) is 0.604. The van der Waals surface area contributed by atoms with E-state index < -0.39 is 10.0 Å². The van der Waals surface area contributed by atoms with Gasteiger partial charge in [-0.3, -0.25) is 14.4 Å². The number of nitrogens with one attached hydrogen (secondary N) is 2. The van der Waals surface area contributed by atoms with E-state index in [1.165, 1.54) is 17.7 Å². The smallest absolute Gasteiger partial charge is 0.251 e. The molecule has 1 atom stereocenters. The zero-order valence-electron chi connectivity index (χ0n) is 17.6. The summed E-state index contributed by atoms with van der Waals surface area (Å²) >= 11 is 1.72. The van der Waals surface area contributed by atoms with Gasteiger partial charge in [0.15, 0.2) is 0 Å². The van der Waals surface area contributed by atoms with E-state index in [-0.39, 0.29) is 17.7 Å². The summed E-state index contributed by atoms with van der Waals surface area (Å²) in [6, 6.07) is 11.0. The summed E-state index contributed by atoms with van der Waals surface area (Å²) in [5.74, 6) is 0.609. The first-order chi connectivity index (χ1) is 14.4. The predicted molar refractivity (Wildman–Crippen MR) is 124 cm³/mol. The van der Waals surface area contributed by atoms with Gasteiger partial charge in [-0.15, -0.1) is 11.3 Å². The maximum absolute atomic E-state index is 12.8. The fourth-order valence-electron chi connectivity index (χ4n) is 3.75. The van der Waals surface area contributed by atoms with Crippen LogP contribution in [0.3, 0.4) is 0 Å². The molecule has 30 heavy (non-hydrogen) atoms. The van der Waals surface area contributed by atoms with Crippen molar-refractivity contribution in [3.8, 4) is 0 Å². The topological polar surface area (TPSA) is 78.5 Å². The molecule has 1 aliphatic rings. The van der Waals surface area contributed by atoms with Crippen molar-refractivity contribution in [3.05, 3.63) is 52.2 Å². The maximum Gasteiger partial charge on any atom is 0.251 e. The standard InChI is InChI=1S/C22H31N3O3S2/c1-3-14-30(27,28)24-19-7-4-6-18(15-19)22(26)23-16-20(21-8-5-13-29-21)25-11-9-17(2)10-12-25/h4-8,13,15,17,20,24H,3,9-12,14,16H2,1-2H3,(H,23,26). The molecular formula is C22H31N3O3S2. The number of carbonyl (C=O) groups excluding carboxylic acids is 1. The summed E-state index contributed by atoms with van der Waals surface area (Å²) < 4.78 is 26.6. The van der Waals surface area contributed by atoms with Crippen LogP contribution in [0.4, 0.5) is 5.69 Å². The van der Waals surface area contributed by atoms with Gasteiger partial charge in [0, 0.05) is 22.7 Å². The van der Waals surface area contributed by atoms with Gasteiger partial charge in [0.25, 0.3) is 5.91 Å². The number of carbonyl (C=O) groups is 1. The normalized spacial score (nSPS) is 16.9. The van der Waals surface area contributed by atoms with Crippen LogP contribution in [0.2, 0.25) is 0 Å². The highest BCUT2D eigenvalue weighted by Gasteiger charge is 2.26. The minimum Gasteiger partial charge on any atom is -0.350 e. The Kier molecular flexibility index (Phi) is 7.91. The number of nitrogens with zero attached hydrogens (tertiary/aromatic N) is 1. The molecule has 0 aliphatic carbocycles. The van der Waals surface area contributed by atoms with E-state index in [1.807, 2.05) is 13.0 Å². The van der Waals surface area contributed by atoms with Gasteiger partial charge in [0.1, 0.15) is 0 Å². The molecule has 2 heterocycles. The van der Waals surface area contributed by atoms with Crippen LogP contribution in [0, 0.1) is 5.92 Å². The minimum absolute atomic E-state index is 0.0559. The van der Waals surface area contributed by atoms with Gasteiger partial charge in [-0.05, 0) is 67.9 Å². The second-order valence-electron chi connectivity index (χ2n) is 7.96. The lowest BCUT2D eigenvalue weighted by atomic mass is 9.97. The summed E-state index contributed by atoms with van der Waals surface area (Å²) in [6.07, 6.45) is 2.89. The third kappa shape index (κ3) is 6.30. The first kappa shape index (κ1) is 22.8. The van der Waals surface area contributed by atoms with Crippen molar-refractivity contribution in [1.29, 1.82) is 0 Å². The number of rotatable bonds is 9. The van der Waals surface area contributed by atoms with E-state index in [9.17, 15) is 13.2 Å². The van der Waals surface area contributed by atoms with Crippen LogP contribution in [-0.2, 0) is 10.0 Å². The Bertz CT molecular complexity index is 921. The lowest BCUT2D eigenvalue weighted by molar-refractivity contribution is 0.0915. The molecular weight excluding hydrogens is 418 g/mol. The Balaban J connectivity index is 1.66. The first-order valence-electron chi connectivity index (χ1n) is 10.5. The molecule has 8 heteroatoms. The number of hydrogen-bond acceptors (Lipinski definition) is 5. The number of amides is 1. The Labute approximate surface area is 183 Å². The first-order valence-corrected chi connectivity index (χ1v) is 13.1. The van der Waals surface area contributed by atoms with Crippen LogP contribution in [0.15, 0.2) is 41.8 Å². The maximum atomic E-state index is 12.8. The van der Waals surface area contributed by atoms with E-state index in [1.54, 1.807) is 35.6 Å². The van der Waals surface area contributed by atoms with Crippen LogP contribution in [0.1, 0.15) is 54.4 Å². The van der Waals surface area contributed by atoms with Gasteiger partial charge in [-0.25, -0.2) is 8.42 Å². The lowest BCUT2D eigenvalue weighted by Gasteiger charge is -2.36. The summed E-state index contributed by atoms with van der Waals surface area (Å²) in [5, 5.41) is 5.13. The fraction of sp³-hybridized carbons (Fsp3) is 0.500. The van der Waals surface area contributed by atoms with E-state index in [2.05, 4.69) is 33.3 Å². The Morgan fingerprint density at radius 1 is 1.23 bits per heavy atom. The van der Waals surface area contributed by atoms with Crippen molar-refractivity contribution in [2.75, 3.05) is 30.1 Å². The number of piperidine rings is 1. The average molecular weight is 450 g/mol.